The van der Waals surface area contributed by atoms with Crippen molar-refractivity contribution in [2.24, 2.45) is 0 Å². The van der Waals surface area contributed by atoms with Crippen LogP contribution in [0.1, 0.15) is 30.7 Å². The molecule has 0 radical (unpaired) electrons. The van der Waals surface area contributed by atoms with Crippen LogP contribution in [0.25, 0.3) is 0 Å². The molecule has 9 heteroatoms. The number of amides is 1. The van der Waals surface area contributed by atoms with Crippen LogP contribution in [0.4, 0.5) is 0 Å². The molecule has 168 valence electrons. The van der Waals surface area contributed by atoms with Gasteiger partial charge in [-0.05, 0) is 49.2 Å². The van der Waals surface area contributed by atoms with E-state index >= 15 is 0 Å². The fourth-order valence-electron chi connectivity index (χ4n) is 4.14. The van der Waals surface area contributed by atoms with Gasteiger partial charge < -0.3 is 14.1 Å². The lowest BCUT2D eigenvalue weighted by atomic mass is 10.1. The minimum absolute atomic E-state index is 0.273. The molecule has 4 rings (SSSR count). The zero-order valence-corrected chi connectivity index (χ0v) is 19.0. The second-order valence-corrected chi connectivity index (χ2v) is 8.61. The number of hydrogen-bond acceptors (Lipinski definition) is 7. The van der Waals surface area contributed by atoms with E-state index in [0.29, 0.717) is 30.4 Å². The van der Waals surface area contributed by atoms with E-state index in [0.717, 1.165) is 63.4 Å². The van der Waals surface area contributed by atoms with Crippen LogP contribution in [0.5, 0.6) is 5.75 Å². The van der Waals surface area contributed by atoms with Gasteiger partial charge in [0.1, 0.15) is 5.75 Å². The number of aromatic nitrogens is 2. The number of methoxy groups -OCH3 is 1. The van der Waals surface area contributed by atoms with Gasteiger partial charge in [-0.15, -0.1) is 5.10 Å². The summed E-state index contributed by atoms with van der Waals surface area (Å²) in [5.74, 6) is 1.71. The number of nitrogens with zero attached hydrogens (tertiary/aromatic N) is 5. The Morgan fingerprint density at radius 2 is 1.71 bits per heavy atom. The van der Waals surface area contributed by atoms with Gasteiger partial charge in [-0.25, -0.2) is 4.68 Å². The van der Waals surface area contributed by atoms with Crippen LogP contribution in [0.2, 0.25) is 0 Å². The summed E-state index contributed by atoms with van der Waals surface area (Å²) in [4.78, 5) is 19.5. The first-order chi connectivity index (χ1) is 15.1. The molecule has 1 amide bonds. The van der Waals surface area contributed by atoms with Crippen LogP contribution in [0, 0.1) is 4.84 Å². The van der Waals surface area contributed by atoms with E-state index in [1.54, 1.807) is 11.8 Å². The first-order valence-electron chi connectivity index (χ1n) is 11.0. The van der Waals surface area contributed by atoms with Crippen molar-refractivity contribution >= 4 is 18.1 Å². The number of benzene rings is 1. The monoisotopic (exact) mass is 445 g/mol. The quantitative estimate of drug-likeness (QED) is 0.606. The highest BCUT2D eigenvalue weighted by Gasteiger charge is 2.23. The number of piperidine rings is 1. The zero-order chi connectivity index (χ0) is 21.6. The highest BCUT2D eigenvalue weighted by atomic mass is 32.1. The third-order valence-corrected chi connectivity index (χ3v) is 6.32. The number of likely N-dealkylation sites (tertiary alicyclic amines) is 1. The molecule has 2 aromatic rings. The minimum atomic E-state index is 0.273. The number of hydrogen-bond donors (Lipinski definition) is 0. The van der Waals surface area contributed by atoms with E-state index in [-0.39, 0.29) is 5.91 Å². The fourth-order valence-corrected chi connectivity index (χ4v) is 4.34. The average molecular weight is 446 g/mol. The standard InChI is InChI=1S/C22H31N5O3S/c1-29-19-7-5-18(6-8-19)15-20-23-27(22(31)30-20)17-25-13-11-24(12-14-25)16-21(28)26-9-3-2-4-10-26/h5-8H,2-4,9-17H2,1H3. The maximum absolute atomic E-state index is 12.5. The van der Waals surface area contributed by atoms with Crippen molar-refractivity contribution in [3.8, 4) is 5.75 Å². The number of piperazine rings is 1. The zero-order valence-electron chi connectivity index (χ0n) is 18.2. The number of carbonyl (C=O) groups is 1. The number of carbonyl (C=O) groups excluding carboxylic acids is 1. The van der Waals surface area contributed by atoms with E-state index in [2.05, 4.69) is 14.9 Å². The Kier molecular flexibility index (Phi) is 7.37. The summed E-state index contributed by atoms with van der Waals surface area (Å²) < 4.78 is 12.7. The minimum Gasteiger partial charge on any atom is -0.497 e. The lowest BCUT2D eigenvalue weighted by molar-refractivity contribution is -0.133. The van der Waals surface area contributed by atoms with E-state index in [9.17, 15) is 4.79 Å². The molecule has 0 spiro atoms. The highest BCUT2D eigenvalue weighted by Crippen LogP contribution is 2.15. The van der Waals surface area contributed by atoms with Crippen LogP contribution >= 0.6 is 12.2 Å². The Labute approximate surface area is 188 Å². The smallest absolute Gasteiger partial charge is 0.288 e. The Morgan fingerprint density at radius 1 is 1.03 bits per heavy atom. The molecular weight excluding hydrogens is 414 g/mol. The fraction of sp³-hybridized carbons (Fsp3) is 0.591. The van der Waals surface area contributed by atoms with Gasteiger partial charge in [0.05, 0.1) is 26.7 Å². The summed E-state index contributed by atoms with van der Waals surface area (Å²) in [6.45, 7) is 6.50. The lowest BCUT2D eigenvalue weighted by Crippen LogP contribution is -2.50. The molecule has 0 saturated carbocycles. The highest BCUT2D eigenvalue weighted by molar-refractivity contribution is 7.71. The predicted octanol–water partition coefficient (Wildman–Crippen LogP) is 2.39. The van der Waals surface area contributed by atoms with Gasteiger partial charge in [-0.2, -0.15) is 0 Å². The van der Waals surface area contributed by atoms with E-state index < -0.39 is 0 Å². The van der Waals surface area contributed by atoms with Crippen LogP contribution in [0.3, 0.4) is 0 Å². The predicted molar refractivity (Wildman–Crippen MR) is 120 cm³/mol. The maximum Gasteiger partial charge on any atom is 0.288 e. The Hall–Kier alpha value is -2.23. The molecule has 2 fully saturated rings. The molecule has 31 heavy (non-hydrogen) atoms. The van der Waals surface area contributed by atoms with Crippen molar-refractivity contribution in [1.82, 2.24) is 24.5 Å². The summed E-state index contributed by atoms with van der Waals surface area (Å²) >= 11 is 5.38. The van der Waals surface area contributed by atoms with Gasteiger partial charge in [0.2, 0.25) is 11.8 Å². The van der Waals surface area contributed by atoms with Crippen molar-refractivity contribution in [2.45, 2.75) is 32.4 Å². The Bertz CT molecular complexity index is 912. The first kappa shape index (κ1) is 22.0. The Morgan fingerprint density at radius 3 is 2.39 bits per heavy atom. The molecule has 0 aliphatic carbocycles. The van der Waals surface area contributed by atoms with E-state index in [1.165, 1.54) is 6.42 Å². The van der Waals surface area contributed by atoms with Crippen molar-refractivity contribution in [1.29, 1.82) is 0 Å². The van der Waals surface area contributed by atoms with Gasteiger partial charge in [-0.1, -0.05) is 12.1 Å². The van der Waals surface area contributed by atoms with Gasteiger partial charge in [0.15, 0.2) is 0 Å². The molecule has 2 saturated heterocycles. The van der Waals surface area contributed by atoms with Crippen molar-refractivity contribution < 1.29 is 13.9 Å². The molecule has 8 nitrogen and oxygen atoms in total. The average Bonchev–Trinajstić information content (AvgIpc) is 3.14. The molecule has 2 aliphatic heterocycles. The third kappa shape index (κ3) is 5.93. The van der Waals surface area contributed by atoms with Crippen LogP contribution in [-0.2, 0) is 17.9 Å². The van der Waals surface area contributed by atoms with Gasteiger partial charge in [0.25, 0.3) is 4.84 Å². The maximum atomic E-state index is 12.5. The largest absolute Gasteiger partial charge is 0.497 e. The molecule has 1 aromatic heterocycles. The first-order valence-corrected chi connectivity index (χ1v) is 11.4. The molecule has 0 bridgehead atoms. The van der Waals surface area contributed by atoms with Crippen molar-refractivity contribution in [2.75, 3.05) is 52.9 Å². The SMILES string of the molecule is COc1ccc(Cc2nn(CN3CCN(CC(=O)N4CCCCC4)CC3)c(=S)o2)cc1. The molecule has 0 atom stereocenters. The summed E-state index contributed by atoms with van der Waals surface area (Å²) in [6.07, 6.45) is 4.11. The normalized spacial score (nSPS) is 18.3. The van der Waals surface area contributed by atoms with Crippen LogP contribution in [-0.4, -0.2) is 83.3 Å². The van der Waals surface area contributed by atoms with Crippen molar-refractivity contribution in [3.63, 3.8) is 0 Å². The molecule has 0 N–H and O–H groups in total. The molecule has 3 heterocycles. The summed E-state index contributed by atoms with van der Waals surface area (Å²) in [7, 11) is 1.65. The topological polar surface area (TPSA) is 67.0 Å². The van der Waals surface area contributed by atoms with Gasteiger partial charge in [-0.3, -0.25) is 14.6 Å². The second kappa shape index (κ2) is 10.4. The molecular formula is C22H31N5O3S. The molecule has 1 aromatic carbocycles. The van der Waals surface area contributed by atoms with Gasteiger partial charge >= 0.3 is 0 Å². The summed E-state index contributed by atoms with van der Waals surface area (Å²) in [5, 5.41) is 4.57. The lowest BCUT2D eigenvalue weighted by Gasteiger charge is -2.35. The van der Waals surface area contributed by atoms with Gasteiger partial charge in [0, 0.05) is 39.3 Å². The second-order valence-electron chi connectivity index (χ2n) is 8.26. The Balaban J connectivity index is 1.25. The number of ether oxygens (including phenoxy) is 1. The molecule has 2 aliphatic rings. The van der Waals surface area contributed by atoms with Crippen molar-refractivity contribution in [3.05, 3.63) is 40.6 Å². The number of rotatable bonds is 7. The third-order valence-electron chi connectivity index (χ3n) is 6.03. The van der Waals surface area contributed by atoms with Crippen LogP contribution in [0.15, 0.2) is 28.7 Å². The van der Waals surface area contributed by atoms with Crippen LogP contribution < -0.4 is 4.74 Å². The van der Waals surface area contributed by atoms with E-state index in [1.807, 2.05) is 29.2 Å². The summed E-state index contributed by atoms with van der Waals surface area (Å²) in [6, 6.07) is 7.86. The van der Waals surface area contributed by atoms with E-state index in [4.69, 9.17) is 21.4 Å². The summed E-state index contributed by atoms with van der Waals surface area (Å²) in [5.41, 5.74) is 1.09. The molecule has 0 unspecified atom stereocenters.